The molecule has 1 unspecified atom stereocenters. The summed E-state index contributed by atoms with van der Waals surface area (Å²) >= 11 is 0. The second-order valence-electron chi connectivity index (χ2n) is 4.78. The van der Waals surface area contributed by atoms with Crippen LogP contribution in [0.25, 0.3) is 0 Å². The van der Waals surface area contributed by atoms with E-state index in [2.05, 4.69) is 32.2 Å². The molecule has 1 aromatic carbocycles. The van der Waals surface area contributed by atoms with Crippen molar-refractivity contribution in [2.75, 3.05) is 0 Å². The highest BCUT2D eigenvalue weighted by molar-refractivity contribution is 5.27. The summed E-state index contributed by atoms with van der Waals surface area (Å²) in [6.07, 6.45) is 3.27. The van der Waals surface area contributed by atoms with Crippen molar-refractivity contribution in [3.05, 3.63) is 42.0 Å². The normalized spacial score (nSPS) is 12.6. The van der Waals surface area contributed by atoms with Crippen molar-refractivity contribution >= 4 is 0 Å². The van der Waals surface area contributed by atoms with E-state index >= 15 is 0 Å². The molecular formula is C14H18F2N4O. The van der Waals surface area contributed by atoms with Gasteiger partial charge in [-0.15, -0.1) is 0 Å². The van der Waals surface area contributed by atoms with Gasteiger partial charge >= 0.3 is 6.61 Å². The van der Waals surface area contributed by atoms with Crippen molar-refractivity contribution in [3.63, 3.8) is 0 Å². The number of nitrogens with zero attached hydrogens (tertiary/aromatic N) is 2. The van der Waals surface area contributed by atoms with Gasteiger partial charge in [0.05, 0.1) is 6.54 Å². The summed E-state index contributed by atoms with van der Waals surface area (Å²) in [7, 11) is 0. The van der Waals surface area contributed by atoms with E-state index in [1.807, 2.05) is 0 Å². The molecule has 0 aliphatic heterocycles. The molecule has 21 heavy (non-hydrogen) atoms. The fourth-order valence-electron chi connectivity index (χ4n) is 1.91. The molecule has 0 saturated carbocycles. The fourth-order valence-corrected chi connectivity index (χ4v) is 1.91. The molecule has 2 N–H and O–H groups in total. The minimum Gasteiger partial charge on any atom is -0.435 e. The number of aromatic nitrogens is 3. The van der Waals surface area contributed by atoms with Crippen LogP contribution in [0.1, 0.15) is 24.7 Å². The number of benzene rings is 1. The Morgan fingerprint density at radius 1 is 1.29 bits per heavy atom. The van der Waals surface area contributed by atoms with E-state index in [0.29, 0.717) is 12.6 Å². The standard InChI is InChI=1S/C14H18F2N4O/c1-10(17-8-13-18-9-19-20-13)2-3-11-4-6-12(7-5-11)21-14(15)16/h4-7,9-10,14,17H,2-3,8H2,1H3,(H,18,19,20). The summed E-state index contributed by atoms with van der Waals surface area (Å²) in [4.78, 5) is 4.04. The smallest absolute Gasteiger partial charge is 0.387 e. The SMILES string of the molecule is CC(CCc1ccc(OC(F)F)cc1)NCc1ncn[nH]1. The molecule has 5 nitrogen and oxygen atoms in total. The van der Waals surface area contributed by atoms with Crippen LogP contribution in [-0.2, 0) is 13.0 Å². The molecule has 0 amide bonds. The lowest BCUT2D eigenvalue weighted by molar-refractivity contribution is -0.0498. The van der Waals surface area contributed by atoms with Crippen molar-refractivity contribution in [2.45, 2.75) is 39.0 Å². The first-order chi connectivity index (χ1) is 10.1. The first-order valence-corrected chi connectivity index (χ1v) is 6.75. The number of hydrogen-bond donors (Lipinski definition) is 2. The summed E-state index contributed by atoms with van der Waals surface area (Å²) < 4.78 is 28.4. The molecule has 0 fully saturated rings. The number of rotatable bonds is 8. The maximum Gasteiger partial charge on any atom is 0.387 e. The van der Waals surface area contributed by atoms with Crippen LogP contribution in [-0.4, -0.2) is 27.8 Å². The van der Waals surface area contributed by atoms with Crippen molar-refractivity contribution in [1.82, 2.24) is 20.5 Å². The zero-order valence-corrected chi connectivity index (χ0v) is 11.7. The van der Waals surface area contributed by atoms with Gasteiger partial charge in [0.15, 0.2) is 0 Å². The summed E-state index contributed by atoms with van der Waals surface area (Å²) in [6.45, 7) is -0.0522. The lowest BCUT2D eigenvalue weighted by Crippen LogP contribution is -2.26. The van der Waals surface area contributed by atoms with E-state index in [9.17, 15) is 8.78 Å². The van der Waals surface area contributed by atoms with Gasteiger partial charge in [0, 0.05) is 6.04 Å². The minimum absolute atomic E-state index is 0.185. The summed E-state index contributed by atoms with van der Waals surface area (Å²) in [5.74, 6) is 0.987. The predicted molar refractivity (Wildman–Crippen MR) is 74.1 cm³/mol. The molecule has 0 bridgehead atoms. The van der Waals surface area contributed by atoms with E-state index in [0.717, 1.165) is 24.2 Å². The molecule has 2 aromatic rings. The maximum absolute atomic E-state index is 12.0. The van der Waals surface area contributed by atoms with Gasteiger partial charge in [-0.1, -0.05) is 12.1 Å². The molecule has 2 rings (SSSR count). The summed E-state index contributed by atoms with van der Waals surface area (Å²) in [5.41, 5.74) is 1.09. The van der Waals surface area contributed by atoms with Crippen LogP contribution in [0, 0.1) is 0 Å². The number of ether oxygens (including phenoxy) is 1. The van der Waals surface area contributed by atoms with Crippen LogP contribution < -0.4 is 10.1 Å². The molecule has 0 radical (unpaired) electrons. The Labute approximate surface area is 121 Å². The predicted octanol–water partition coefficient (Wildman–Crippen LogP) is 2.52. The van der Waals surface area contributed by atoms with Gasteiger partial charge in [0.2, 0.25) is 0 Å². The Bertz CT molecular complexity index is 516. The lowest BCUT2D eigenvalue weighted by Gasteiger charge is -2.13. The van der Waals surface area contributed by atoms with E-state index in [-0.39, 0.29) is 5.75 Å². The molecule has 0 aliphatic rings. The van der Waals surface area contributed by atoms with Crippen LogP contribution in [0.3, 0.4) is 0 Å². The minimum atomic E-state index is -2.78. The Balaban J connectivity index is 1.71. The van der Waals surface area contributed by atoms with E-state index in [4.69, 9.17) is 0 Å². The van der Waals surface area contributed by atoms with Crippen molar-refractivity contribution in [2.24, 2.45) is 0 Å². The maximum atomic E-state index is 12.0. The highest BCUT2D eigenvalue weighted by atomic mass is 19.3. The van der Waals surface area contributed by atoms with Gasteiger partial charge in [-0.2, -0.15) is 13.9 Å². The molecule has 0 aliphatic carbocycles. The van der Waals surface area contributed by atoms with Crippen LogP contribution in [0.5, 0.6) is 5.75 Å². The van der Waals surface area contributed by atoms with Crippen molar-refractivity contribution in [1.29, 1.82) is 0 Å². The molecule has 1 heterocycles. The summed E-state index contributed by atoms with van der Waals surface area (Å²) in [6, 6.07) is 7.05. The van der Waals surface area contributed by atoms with Gasteiger partial charge in [-0.05, 0) is 37.5 Å². The quantitative estimate of drug-likeness (QED) is 0.785. The molecule has 0 spiro atoms. The van der Waals surface area contributed by atoms with Crippen LogP contribution >= 0.6 is 0 Å². The number of alkyl halides is 2. The Morgan fingerprint density at radius 3 is 2.67 bits per heavy atom. The number of aromatic amines is 1. The number of hydrogen-bond acceptors (Lipinski definition) is 4. The number of aryl methyl sites for hydroxylation is 1. The van der Waals surface area contributed by atoms with E-state index in [1.54, 1.807) is 24.3 Å². The molecule has 0 saturated heterocycles. The number of nitrogens with one attached hydrogen (secondary N) is 2. The van der Waals surface area contributed by atoms with E-state index < -0.39 is 6.61 Å². The highest BCUT2D eigenvalue weighted by Gasteiger charge is 2.06. The topological polar surface area (TPSA) is 62.8 Å². The third-order valence-corrected chi connectivity index (χ3v) is 3.10. The van der Waals surface area contributed by atoms with Gasteiger partial charge in [-0.25, -0.2) is 4.98 Å². The molecular weight excluding hydrogens is 278 g/mol. The van der Waals surface area contributed by atoms with Crippen molar-refractivity contribution in [3.8, 4) is 5.75 Å². The average molecular weight is 296 g/mol. The lowest BCUT2D eigenvalue weighted by atomic mass is 10.1. The number of halogens is 2. The Hall–Kier alpha value is -2.02. The first kappa shape index (κ1) is 15.4. The third kappa shape index (κ3) is 5.47. The molecule has 7 heteroatoms. The van der Waals surface area contributed by atoms with Gasteiger partial charge in [-0.3, -0.25) is 5.10 Å². The van der Waals surface area contributed by atoms with Gasteiger partial charge in [0.25, 0.3) is 0 Å². The molecule has 1 atom stereocenters. The third-order valence-electron chi connectivity index (χ3n) is 3.10. The number of H-pyrrole nitrogens is 1. The van der Waals surface area contributed by atoms with Crippen LogP contribution in [0.15, 0.2) is 30.6 Å². The Morgan fingerprint density at radius 2 is 2.05 bits per heavy atom. The van der Waals surface area contributed by atoms with Crippen molar-refractivity contribution < 1.29 is 13.5 Å². The zero-order valence-electron chi connectivity index (χ0n) is 11.7. The van der Waals surface area contributed by atoms with Crippen LogP contribution in [0.4, 0.5) is 8.78 Å². The largest absolute Gasteiger partial charge is 0.435 e. The monoisotopic (exact) mass is 296 g/mol. The van der Waals surface area contributed by atoms with Gasteiger partial charge in [0.1, 0.15) is 17.9 Å². The average Bonchev–Trinajstić information content (AvgIpc) is 2.97. The highest BCUT2D eigenvalue weighted by Crippen LogP contribution is 2.16. The molecule has 114 valence electrons. The van der Waals surface area contributed by atoms with Crippen LogP contribution in [0.2, 0.25) is 0 Å². The molecule has 1 aromatic heterocycles. The zero-order chi connectivity index (χ0) is 15.1. The second-order valence-corrected chi connectivity index (χ2v) is 4.78. The Kier molecular flexibility index (Phi) is 5.62. The van der Waals surface area contributed by atoms with Gasteiger partial charge < -0.3 is 10.1 Å². The van der Waals surface area contributed by atoms with E-state index in [1.165, 1.54) is 6.33 Å². The summed E-state index contributed by atoms with van der Waals surface area (Å²) in [5, 5.41) is 9.91. The second kappa shape index (κ2) is 7.68. The fraction of sp³-hybridized carbons (Fsp3) is 0.429. The first-order valence-electron chi connectivity index (χ1n) is 6.75.